The molecule has 0 unspecified atom stereocenters. The van der Waals surface area contributed by atoms with Gasteiger partial charge in [-0.15, -0.1) is 0 Å². The lowest BCUT2D eigenvalue weighted by molar-refractivity contribution is 0.0697. The third-order valence-corrected chi connectivity index (χ3v) is 4.40. The van der Waals surface area contributed by atoms with E-state index in [1.807, 2.05) is 48.5 Å². The lowest BCUT2D eigenvalue weighted by Crippen LogP contribution is -1.98. The maximum Gasteiger partial charge on any atom is 0.335 e. The number of rotatable bonds is 6. The summed E-state index contributed by atoms with van der Waals surface area (Å²) < 4.78 is 11.4. The molecular formula is C22H18N2O4. The second kappa shape index (κ2) is 7.44. The molecule has 0 atom stereocenters. The number of carboxylic acid groups (broad SMARTS) is 1. The van der Waals surface area contributed by atoms with Crippen molar-refractivity contribution in [2.45, 2.75) is 6.61 Å². The second-order valence-electron chi connectivity index (χ2n) is 6.26. The number of ether oxygens (including phenoxy) is 2. The molecule has 0 aliphatic heterocycles. The summed E-state index contributed by atoms with van der Waals surface area (Å²) in [6.07, 6.45) is 0. The van der Waals surface area contributed by atoms with Crippen LogP contribution in [0.1, 0.15) is 15.9 Å². The number of nitrogens with zero attached hydrogens (tertiary/aromatic N) is 1. The van der Waals surface area contributed by atoms with E-state index in [0.717, 1.165) is 11.1 Å². The maximum absolute atomic E-state index is 11.1. The van der Waals surface area contributed by atoms with Gasteiger partial charge < -0.3 is 19.6 Å². The number of methoxy groups -OCH3 is 1. The minimum absolute atomic E-state index is 0.213. The lowest BCUT2D eigenvalue weighted by Gasteiger charge is -2.11. The highest BCUT2D eigenvalue weighted by Gasteiger charge is 2.12. The smallest absolute Gasteiger partial charge is 0.335 e. The van der Waals surface area contributed by atoms with Crippen LogP contribution in [-0.4, -0.2) is 28.2 Å². The molecular weight excluding hydrogens is 356 g/mol. The van der Waals surface area contributed by atoms with E-state index in [1.165, 1.54) is 6.07 Å². The molecule has 0 spiro atoms. The summed E-state index contributed by atoms with van der Waals surface area (Å²) in [5.41, 5.74) is 3.46. The van der Waals surface area contributed by atoms with Gasteiger partial charge in [0.25, 0.3) is 0 Å². The standard InChI is InChI=1S/C22H18N2O4/c1-27-20-12-15(8-10-19(20)28-13-14-5-3-2-4-6-14)21-23-17-9-7-16(22(25)26)11-18(17)24-21/h2-12H,13H2,1H3,(H,23,24)(H,25,26). The van der Waals surface area contributed by atoms with Crippen molar-refractivity contribution in [3.8, 4) is 22.9 Å². The Morgan fingerprint density at radius 3 is 2.61 bits per heavy atom. The zero-order chi connectivity index (χ0) is 19.5. The van der Waals surface area contributed by atoms with Crippen LogP contribution in [0.25, 0.3) is 22.4 Å². The first kappa shape index (κ1) is 17.6. The first-order chi connectivity index (χ1) is 13.6. The normalized spacial score (nSPS) is 10.8. The van der Waals surface area contributed by atoms with Crippen molar-refractivity contribution in [1.82, 2.24) is 9.97 Å². The van der Waals surface area contributed by atoms with Crippen molar-refractivity contribution in [1.29, 1.82) is 0 Å². The predicted octanol–water partition coefficient (Wildman–Crippen LogP) is 4.52. The Hall–Kier alpha value is -3.80. The molecule has 4 aromatic rings. The Morgan fingerprint density at radius 2 is 1.86 bits per heavy atom. The van der Waals surface area contributed by atoms with Crippen molar-refractivity contribution in [3.05, 3.63) is 77.9 Å². The molecule has 140 valence electrons. The molecule has 3 aromatic carbocycles. The van der Waals surface area contributed by atoms with Crippen LogP contribution in [0.3, 0.4) is 0 Å². The number of benzene rings is 3. The van der Waals surface area contributed by atoms with Crippen LogP contribution < -0.4 is 9.47 Å². The van der Waals surface area contributed by atoms with E-state index in [4.69, 9.17) is 14.6 Å². The molecule has 0 amide bonds. The summed E-state index contributed by atoms with van der Waals surface area (Å²) in [5.74, 6) is 0.893. The van der Waals surface area contributed by atoms with Gasteiger partial charge in [-0.05, 0) is 42.0 Å². The van der Waals surface area contributed by atoms with Crippen molar-refractivity contribution in [2.24, 2.45) is 0 Å². The SMILES string of the molecule is COc1cc(-c2nc3ccc(C(=O)O)cc3[nH]2)ccc1OCc1ccccc1. The first-order valence-electron chi connectivity index (χ1n) is 8.72. The Morgan fingerprint density at radius 1 is 1.04 bits per heavy atom. The quantitative estimate of drug-likeness (QED) is 0.518. The molecule has 28 heavy (non-hydrogen) atoms. The molecule has 0 fully saturated rings. The van der Waals surface area contributed by atoms with Crippen LogP contribution in [0.4, 0.5) is 0 Å². The highest BCUT2D eigenvalue weighted by Crippen LogP contribution is 2.33. The van der Waals surface area contributed by atoms with Gasteiger partial charge in [0.05, 0.1) is 23.7 Å². The summed E-state index contributed by atoms with van der Waals surface area (Å²) >= 11 is 0. The summed E-state index contributed by atoms with van der Waals surface area (Å²) in [6, 6.07) is 20.3. The Labute approximate surface area is 161 Å². The molecule has 0 radical (unpaired) electrons. The molecule has 6 heteroatoms. The molecule has 2 N–H and O–H groups in total. The number of aromatic nitrogens is 2. The second-order valence-corrected chi connectivity index (χ2v) is 6.26. The molecule has 0 bridgehead atoms. The van der Waals surface area contributed by atoms with Gasteiger partial charge in [0.1, 0.15) is 12.4 Å². The van der Waals surface area contributed by atoms with Crippen molar-refractivity contribution < 1.29 is 19.4 Å². The summed E-state index contributed by atoms with van der Waals surface area (Å²) in [6.45, 7) is 0.444. The zero-order valence-corrected chi connectivity index (χ0v) is 15.2. The Bertz CT molecular complexity index is 1140. The summed E-state index contributed by atoms with van der Waals surface area (Å²) in [5, 5.41) is 9.14. The molecule has 0 aliphatic carbocycles. The number of imidazole rings is 1. The fourth-order valence-electron chi connectivity index (χ4n) is 2.95. The summed E-state index contributed by atoms with van der Waals surface area (Å²) in [4.78, 5) is 18.8. The van der Waals surface area contributed by atoms with Crippen molar-refractivity contribution >= 4 is 17.0 Å². The zero-order valence-electron chi connectivity index (χ0n) is 15.2. The van der Waals surface area contributed by atoms with Gasteiger partial charge in [0.2, 0.25) is 0 Å². The minimum Gasteiger partial charge on any atom is -0.493 e. The summed E-state index contributed by atoms with van der Waals surface area (Å²) in [7, 11) is 1.59. The van der Waals surface area contributed by atoms with E-state index in [9.17, 15) is 4.79 Å². The molecule has 0 aliphatic rings. The minimum atomic E-state index is -0.973. The fourth-order valence-corrected chi connectivity index (χ4v) is 2.95. The van der Waals surface area contributed by atoms with E-state index in [1.54, 1.807) is 19.2 Å². The predicted molar refractivity (Wildman–Crippen MR) is 106 cm³/mol. The molecule has 0 saturated carbocycles. The topological polar surface area (TPSA) is 84.4 Å². The lowest BCUT2D eigenvalue weighted by atomic mass is 10.2. The van der Waals surface area contributed by atoms with Gasteiger partial charge in [-0.1, -0.05) is 30.3 Å². The number of nitrogens with one attached hydrogen (secondary N) is 1. The largest absolute Gasteiger partial charge is 0.493 e. The molecule has 1 heterocycles. The van der Waals surface area contributed by atoms with Gasteiger partial charge in [-0.2, -0.15) is 0 Å². The molecule has 1 aromatic heterocycles. The number of carbonyl (C=O) groups is 1. The third-order valence-electron chi connectivity index (χ3n) is 4.40. The monoisotopic (exact) mass is 374 g/mol. The van der Waals surface area contributed by atoms with Crippen LogP contribution >= 0.6 is 0 Å². The average Bonchev–Trinajstić information content (AvgIpc) is 3.16. The maximum atomic E-state index is 11.1. The van der Waals surface area contributed by atoms with E-state index in [-0.39, 0.29) is 5.56 Å². The molecule has 4 rings (SSSR count). The van der Waals surface area contributed by atoms with Crippen LogP contribution in [0.5, 0.6) is 11.5 Å². The van der Waals surface area contributed by atoms with E-state index < -0.39 is 5.97 Å². The van der Waals surface area contributed by atoms with Gasteiger partial charge in [0, 0.05) is 5.56 Å². The highest BCUT2D eigenvalue weighted by molar-refractivity contribution is 5.93. The third kappa shape index (κ3) is 3.53. The van der Waals surface area contributed by atoms with Crippen molar-refractivity contribution in [3.63, 3.8) is 0 Å². The number of aromatic carboxylic acids is 1. The van der Waals surface area contributed by atoms with Gasteiger partial charge in [-0.3, -0.25) is 0 Å². The molecule has 0 saturated heterocycles. The highest BCUT2D eigenvalue weighted by atomic mass is 16.5. The van der Waals surface area contributed by atoms with Crippen LogP contribution in [0.15, 0.2) is 66.7 Å². The number of carboxylic acids is 1. The Kier molecular flexibility index (Phi) is 4.68. The number of hydrogen-bond acceptors (Lipinski definition) is 4. The Balaban J connectivity index is 1.61. The van der Waals surface area contributed by atoms with Crippen molar-refractivity contribution in [2.75, 3.05) is 7.11 Å². The van der Waals surface area contributed by atoms with E-state index in [2.05, 4.69) is 9.97 Å². The average molecular weight is 374 g/mol. The van der Waals surface area contributed by atoms with E-state index in [0.29, 0.717) is 35.0 Å². The van der Waals surface area contributed by atoms with Crippen LogP contribution in [-0.2, 0) is 6.61 Å². The number of aromatic amines is 1. The first-order valence-corrected chi connectivity index (χ1v) is 8.72. The fraction of sp³-hybridized carbons (Fsp3) is 0.0909. The number of H-pyrrole nitrogens is 1. The molecule has 6 nitrogen and oxygen atoms in total. The van der Waals surface area contributed by atoms with Gasteiger partial charge in [0.15, 0.2) is 11.5 Å². The van der Waals surface area contributed by atoms with Gasteiger partial charge in [-0.25, -0.2) is 9.78 Å². The van der Waals surface area contributed by atoms with Crippen LogP contribution in [0, 0.1) is 0 Å². The number of fused-ring (bicyclic) bond motifs is 1. The van der Waals surface area contributed by atoms with E-state index >= 15 is 0 Å². The number of hydrogen-bond donors (Lipinski definition) is 2. The van der Waals surface area contributed by atoms with Crippen LogP contribution in [0.2, 0.25) is 0 Å². The van der Waals surface area contributed by atoms with Gasteiger partial charge >= 0.3 is 5.97 Å².